The van der Waals surface area contributed by atoms with Gasteiger partial charge >= 0.3 is 0 Å². The Morgan fingerprint density at radius 1 is 1.47 bits per heavy atom. The van der Waals surface area contributed by atoms with Crippen molar-refractivity contribution in [1.82, 2.24) is 10.3 Å². The van der Waals surface area contributed by atoms with Crippen LogP contribution < -0.4 is 11.3 Å². The fourth-order valence-corrected chi connectivity index (χ4v) is 2.64. The van der Waals surface area contributed by atoms with E-state index in [1.165, 1.54) is 11.1 Å². The lowest BCUT2D eigenvalue weighted by Gasteiger charge is -2.36. The van der Waals surface area contributed by atoms with Gasteiger partial charge in [0.25, 0.3) is 0 Å². The fraction of sp³-hybridized carbons (Fsp3) is 0.600. The smallest absolute Gasteiger partial charge is 0.0871 e. The fourth-order valence-electron chi connectivity index (χ4n) is 2.64. The van der Waals surface area contributed by atoms with E-state index in [0.29, 0.717) is 0 Å². The third-order valence-corrected chi connectivity index (χ3v) is 3.99. The lowest BCUT2D eigenvalue weighted by atomic mass is 9.97. The second-order valence-corrected chi connectivity index (χ2v) is 5.21. The number of hydrogen-bond acceptors (Lipinski definition) is 4. The van der Waals surface area contributed by atoms with Gasteiger partial charge in [0, 0.05) is 13.1 Å². The van der Waals surface area contributed by atoms with Crippen LogP contribution in [-0.2, 0) is 11.2 Å². The van der Waals surface area contributed by atoms with Crippen LogP contribution in [-0.4, -0.2) is 43.3 Å². The van der Waals surface area contributed by atoms with Gasteiger partial charge in [0.15, 0.2) is 0 Å². The van der Waals surface area contributed by atoms with Crippen molar-refractivity contribution in [2.45, 2.75) is 32.4 Å². The largest absolute Gasteiger partial charge is 0.374 e. The second-order valence-electron chi connectivity index (χ2n) is 5.21. The van der Waals surface area contributed by atoms with Crippen LogP contribution in [0.5, 0.6) is 0 Å². The third kappa shape index (κ3) is 3.76. The van der Waals surface area contributed by atoms with Crippen molar-refractivity contribution in [3.63, 3.8) is 0 Å². The van der Waals surface area contributed by atoms with E-state index < -0.39 is 0 Å². The number of rotatable bonds is 5. The monoisotopic (exact) mass is 263 g/mol. The van der Waals surface area contributed by atoms with Crippen LogP contribution >= 0.6 is 0 Å². The Morgan fingerprint density at radius 3 is 2.95 bits per heavy atom. The molecule has 3 N–H and O–H groups in total. The first-order valence-corrected chi connectivity index (χ1v) is 7.09. The molecule has 4 nitrogen and oxygen atoms in total. The zero-order valence-electron chi connectivity index (χ0n) is 11.9. The molecular weight excluding hydrogens is 238 g/mol. The van der Waals surface area contributed by atoms with Crippen molar-refractivity contribution in [2.24, 2.45) is 5.84 Å². The summed E-state index contributed by atoms with van der Waals surface area (Å²) in [6, 6.07) is 8.62. The minimum absolute atomic E-state index is 0.162. The van der Waals surface area contributed by atoms with Gasteiger partial charge in [-0.05, 0) is 31.0 Å². The molecule has 0 bridgehead atoms. The first kappa shape index (κ1) is 14.5. The Hall–Kier alpha value is -0.940. The van der Waals surface area contributed by atoms with Crippen LogP contribution in [0.4, 0.5) is 0 Å². The molecule has 0 amide bonds. The Kier molecular flexibility index (Phi) is 5.34. The molecule has 1 aromatic carbocycles. The van der Waals surface area contributed by atoms with E-state index in [1.54, 1.807) is 0 Å². The van der Waals surface area contributed by atoms with Crippen molar-refractivity contribution in [2.75, 3.05) is 26.2 Å². The first-order chi connectivity index (χ1) is 9.24. The van der Waals surface area contributed by atoms with Gasteiger partial charge in [0.05, 0.1) is 18.8 Å². The molecule has 2 unspecified atom stereocenters. The minimum Gasteiger partial charge on any atom is -0.374 e. The molecule has 106 valence electrons. The Balaban J connectivity index is 2.01. The highest BCUT2D eigenvalue weighted by Gasteiger charge is 2.27. The SMILES string of the molecule is CCN1CCOC(C(Cc2ccccc2C)NN)C1. The highest BCUT2D eigenvalue weighted by molar-refractivity contribution is 5.26. The number of nitrogens with two attached hydrogens (primary N) is 1. The summed E-state index contributed by atoms with van der Waals surface area (Å²) < 4.78 is 5.89. The molecule has 0 radical (unpaired) electrons. The van der Waals surface area contributed by atoms with Crippen molar-refractivity contribution < 1.29 is 4.74 Å². The number of aryl methyl sites for hydroxylation is 1. The summed E-state index contributed by atoms with van der Waals surface area (Å²) in [7, 11) is 0. The Morgan fingerprint density at radius 2 is 2.26 bits per heavy atom. The molecule has 1 saturated heterocycles. The molecule has 1 heterocycles. The highest BCUT2D eigenvalue weighted by Crippen LogP contribution is 2.15. The molecule has 1 fully saturated rings. The van der Waals surface area contributed by atoms with Crippen molar-refractivity contribution in [3.8, 4) is 0 Å². The zero-order valence-corrected chi connectivity index (χ0v) is 11.9. The topological polar surface area (TPSA) is 50.5 Å². The molecule has 2 atom stereocenters. The quantitative estimate of drug-likeness (QED) is 0.617. The number of benzene rings is 1. The van der Waals surface area contributed by atoms with Crippen LogP contribution in [0.25, 0.3) is 0 Å². The van der Waals surface area contributed by atoms with Crippen LogP contribution in [0.15, 0.2) is 24.3 Å². The van der Waals surface area contributed by atoms with Gasteiger partial charge in [0.2, 0.25) is 0 Å². The summed E-state index contributed by atoms with van der Waals surface area (Å²) in [6.07, 6.45) is 1.07. The summed E-state index contributed by atoms with van der Waals surface area (Å²) in [5.74, 6) is 5.74. The molecular formula is C15H25N3O. The van der Waals surface area contributed by atoms with Crippen LogP contribution in [0.1, 0.15) is 18.1 Å². The van der Waals surface area contributed by atoms with E-state index in [1.807, 2.05) is 0 Å². The van der Waals surface area contributed by atoms with E-state index >= 15 is 0 Å². The summed E-state index contributed by atoms with van der Waals surface area (Å²) >= 11 is 0. The molecule has 0 saturated carbocycles. The second kappa shape index (κ2) is 7.01. The number of likely N-dealkylation sites (N-methyl/N-ethyl adjacent to an activating group) is 1. The lowest BCUT2D eigenvalue weighted by Crippen LogP contribution is -2.54. The van der Waals surface area contributed by atoms with Crippen molar-refractivity contribution in [3.05, 3.63) is 35.4 Å². The Bertz CT molecular complexity index is 397. The zero-order chi connectivity index (χ0) is 13.7. The van der Waals surface area contributed by atoms with Crippen molar-refractivity contribution >= 4 is 0 Å². The third-order valence-electron chi connectivity index (χ3n) is 3.99. The molecule has 2 rings (SSSR count). The summed E-state index contributed by atoms with van der Waals surface area (Å²) in [6.45, 7) is 8.18. The van der Waals surface area contributed by atoms with Gasteiger partial charge in [-0.15, -0.1) is 0 Å². The van der Waals surface area contributed by atoms with Crippen LogP contribution in [0, 0.1) is 6.92 Å². The number of morpholine rings is 1. The maximum atomic E-state index is 5.89. The summed E-state index contributed by atoms with van der Waals surface area (Å²) in [5.41, 5.74) is 5.59. The van der Waals surface area contributed by atoms with Gasteiger partial charge in [-0.25, -0.2) is 0 Å². The maximum absolute atomic E-state index is 5.89. The van der Waals surface area contributed by atoms with Crippen LogP contribution in [0.3, 0.4) is 0 Å². The van der Waals surface area contributed by atoms with E-state index in [0.717, 1.165) is 32.7 Å². The Labute approximate surface area is 115 Å². The predicted octanol–water partition coefficient (Wildman–Crippen LogP) is 1.09. The molecule has 0 aliphatic carbocycles. The molecule has 19 heavy (non-hydrogen) atoms. The van der Waals surface area contributed by atoms with Gasteiger partial charge in [-0.1, -0.05) is 31.2 Å². The van der Waals surface area contributed by atoms with E-state index in [-0.39, 0.29) is 12.1 Å². The summed E-state index contributed by atoms with van der Waals surface area (Å²) in [5, 5.41) is 0. The average molecular weight is 263 g/mol. The maximum Gasteiger partial charge on any atom is 0.0871 e. The van der Waals surface area contributed by atoms with E-state index in [2.05, 4.69) is 48.4 Å². The molecule has 1 aliphatic heterocycles. The molecule has 0 spiro atoms. The van der Waals surface area contributed by atoms with Crippen molar-refractivity contribution in [1.29, 1.82) is 0 Å². The molecule has 0 aromatic heterocycles. The van der Waals surface area contributed by atoms with Gasteiger partial charge in [-0.2, -0.15) is 0 Å². The van der Waals surface area contributed by atoms with Gasteiger partial charge < -0.3 is 4.74 Å². The first-order valence-electron chi connectivity index (χ1n) is 7.09. The van der Waals surface area contributed by atoms with Gasteiger partial charge in [0.1, 0.15) is 0 Å². The van der Waals surface area contributed by atoms with E-state index in [4.69, 9.17) is 10.6 Å². The number of nitrogens with one attached hydrogen (secondary N) is 1. The average Bonchev–Trinajstić information content (AvgIpc) is 2.46. The summed E-state index contributed by atoms with van der Waals surface area (Å²) in [4.78, 5) is 2.41. The standard InChI is InChI=1S/C15H25N3O/c1-3-18-8-9-19-15(11-18)14(17-16)10-13-7-5-4-6-12(13)2/h4-7,14-15,17H,3,8-11,16H2,1-2H3. The van der Waals surface area contributed by atoms with Crippen LogP contribution in [0.2, 0.25) is 0 Å². The number of ether oxygens (including phenoxy) is 1. The number of hydrogen-bond donors (Lipinski definition) is 2. The molecule has 4 heteroatoms. The van der Waals surface area contributed by atoms with Gasteiger partial charge in [-0.3, -0.25) is 16.2 Å². The minimum atomic E-state index is 0.162. The predicted molar refractivity (Wildman–Crippen MR) is 77.8 cm³/mol. The molecule has 1 aliphatic rings. The lowest BCUT2D eigenvalue weighted by molar-refractivity contribution is -0.0448. The number of hydrazine groups is 1. The normalized spacial score (nSPS) is 22.4. The molecule has 1 aromatic rings. The number of nitrogens with zero attached hydrogens (tertiary/aromatic N) is 1. The van der Waals surface area contributed by atoms with E-state index in [9.17, 15) is 0 Å². The highest BCUT2D eigenvalue weighted by atomic mass is 16.5.